The van der Waals surface area contributed by atoms with E-state index in [9.17, 15) is 4.79 Å². The first-order valence-electron chi connectivity index (χ1n) is 10.1. The maximum atomic E-state index is 12.6. The fraction of sp³-hybridized carbons (Fsp3) is 0.667. The van der Waals surface area contributed by atoms with Gasteiger partial charge in [0.15, 0.2) is 0 Å². The zero-order valence-electron chi connectivity index (χ0n) is 15.9. The molecule has 1 amide bonds. The van der Waals surface area contributed by atoms with Crippen LogP contribution < -0.4 is 10.2 Å². The Kier molecular flexibility index (Phi) is 7.32. The van der Waals surface area contributed by atoms with Gasteiger partial charge in [0.05, 0.1) is 24.1 Å². The van der Waals surface area contributed by atoms with Gasteiger partial charge in [-0.05, 0) is 51.2 Å². The number of carbonyl (C=O) groups is 1. The van der Waals surface area contributed by atoms with E-state index in [1.165, 1.54) is 32.1 Å². The van der Waals surface area contributed by atoms with E-state index in [4.69, 9.17) is 9.47 Å². The first-order valence-corrected chi connectivity index (χ1v) is 10.1. The summed E-state index contributed by atoms with van der Waals surface area (Å²) in [5, 5.41) is 3.07. The molecule has 2 saturated heterocycles. The van der Waals surface area contributed by atoms with Crippen molar-refractivity contribution in [2.24, 2.45) is 0 Å². The van der Waals surface area contributed by atoms with Crippen molar-refractivity contribution in [3.05, 3.63) is 24.3 Å². The summed E-state index contributed by atoms with van der Waals surface area (Å²) in [6, 6.07) is 8.09. The second kappa shape index (κ2) is 9.93. The number of anilines is 2. The summed E-state index contributed by atoms with van der Waals surface area (Å²) in [5.74, 6) is -0.0944. The second-order valence-corrected chi connectivity index (χ2v) is 7.37. The lowest BCUT2D eigenvalue weighted by Crippen LogP contribution is -2.33. The molecule has 0 aromatic heterocycles. The molecule has 2 aliphatic rings. The molecule has 0 spiro atoms. The lowest BCUT2D eigenvalue weighted by molar-refractivity contribution is -0.130. The van der Waals surface area contributed by atoms with Gasteiger partial charge in [0, 0.05) is 19.7 Å². The topological polar surface area (TPSA) is 50.8 Å². The van der Waals surface area contributed by atoms with Crippen molar-refractivity contribution in [2.45, 2.75) is 64.1 Å². The highest BCUT2D eigenvalue weighted by molar-refractivity contribution is 5.97. The summed E-state index contributed by atoms with van der Waals surface area (Å²) in [7, 11) is 0. The number of amides is 1. The zero-order chi connectivity index (χ0) is 18.2. The maximum absolute atomic E-state index is 12.6. The van der Waals surface area contributed by atoms with E-state index in [2.05, 4.69) is 16.3 Å². The Bertz CT molecular complexity index is 564. The minimum atomic E-state index is -0.488. The number of ether oxygens (including phenoxy) is 2. The second-order valence-electron chi connectivity index (χ2n) is 7.37. The van der Waals surface area contributed by atoms with Crippen LogP contribution in [0.2, 0.25) is 0 Å². The monoisotopic (exact) mass is 360 g/mol. The molecule has 1 aromatic carbocycles. The molecule has 26 heavy (non-hydrogen) atoms. The van der Waals surface area contributed by atoms with Gasteiger partial charge >= 0.3 is 0 Å². The van der Waals surface area contributed by atoms with Gasteiger partial charge in [-0.25, -0.2) is 0 Å². The first-order chi connectivity index (χ1) is 12.7. The highest BCUT2D eigenvalue weighted by Gasteiger charge is 2.20. The van der Waals surface area contributed by atoms with Crippen molar-refractivity contribution < 1.29 is 14.3 Å². The van der Waals surface area contributed by atoms with Crippen LogP contribution in [0.25, 0.3) is 0 Å². The van der Waals surface area contributed by atoms with Crippen LogP contribution in [0.3, 0.4) is 0 Å². The number of carbonyl (C=O) groups excluding carboxylic acids is 1. The first kappa shape index (κ1) is 19.2. The fourth-order valence-corrected chi connectivity index (χ4v) is 3.67. The molecule has 2 heterocycles. The molecule has 0 aliphatic carbocycles. The van der Waals surface area contributed by atoms with Crippen molar-refractivity contribution in [1.29, 1.82) is 0 Å². The van der Waals surface area contributed by atoms with Gasteiger partial charge in [0.25, 0.3) is 5.91 Å². The van der Waals surface area contributed by atoms with Crippen LogP contribution in [-0.4, -0.2) is 44.4 Å². The Morgan fingerprint density at radius 2 is 1.96 bits per heavy atom. The van der Waals surface area contributed by atoms with Crippen molar-refractivity contribution in [3.8, 4) is 0 Å². The van der Waals surface area contributed by atoms with Gasteiger partial charge in [-0.15, -0.1) is 0 Å². The van der Waals surface area contributed by atoms with E-state index in [0.29, 0.717) is 6.61 Å². The third kappa shape index (κ3) is 5.45. The van der Waals surface area contributed by atoms with E-state index in [0.717, 1.165) is 43.9 Å². The maximum Gasteiger partial charge on any atom is 0.253 e. The van der Waals surface area contributed by atoms with Crippen LogP contribution in [0.4, 0.5) is 11.4 Å². The lowest BCUT2D eigenvalue weighted by atomic mass is 10.1. The summed E-state index contributed by atoms with van der Waals surface area (Å²) in [4.78, 5) is 15.0. The predicted molar refractivity (Wildman–Crippen MR) is 105 cm³/mol. The molecule has 0 radical (unpaired) electrons. The number of para-hydroxylation sites is 2. The SMILES string of the molecule is C[C@@H](OC[C@H]1CCCCO1)C(=O)Nc1ccccc1N1CCCCCC1. The summed E-state index contributed by atoms with van der Waals surface area (Å²) in [6.07, 6.45) is 7.97. The number of nitrogens with zero attached hydrogens (tertiary/aromatic N) is 1. The van der Waals surface area contributed by atoms with E-state index in [-0.39, 0.29) is 12.0 Å². The van der Waals surface area contributed by atoms with Gasteiger partial charge < -0.3 is 19.7 Å². The Morgan fingerprint density at radius 1 is 1.19 bits per heavy atom. The minimum Gasteiger partial charge on any atom is -0.376 e. The van der Waals surface area contributed by atoms with Crippen LogP contribution in [0, 0.1) is 0 Å². The minimum absolute atomic E-state index is 0.0944. The Morgan fingerprint density at radius 3 is 2.69 bits per heavy atom. The largest absolute Gasteiger partial charge is 0.376 e. The Labute approximate surface area is 157 Å². The van der Waals surface area contributed by atoms with Gasteiger partial charge in [0.1, 0.15) is 6.10 Å². The van der Waals surface area contributed by atoms with Crippen molar-refractivity contribution >= 4 is 17.3 Å². The number of benzene rings is 1. The molecule has 2 aliphatic heterocycles. The Balaban J connectivity index is 1.56. The third-order valence-electron chi connectivity index (χ3n) is 5.28. The summed E-state index contributed by atoms with van der Waals surface area (Å²) < 4.78 is 11.4. The normalized spacial score (nSPS) is 22.5. The molecule has 5 heteroatoms. The highest BCUT2D eigenvalue weighted by Crippen LogP contribution is 2.28. The average molecular weight is 360 g/mol. The van der Waals surface area contributed by atoms with Crippen molar-refractivity contribution in [3.63, 3.8) is 0 Å². The number of rotatable bonds is 6. The molecular formula is C21H32N2O3. The third-order valence-corrected chi connectivity index (χ3v) is 5.28. The molecule has 2 fully saturated rings. The van der Waals surface area contributed by atoms with E-state index in [1.54, 1.807) is 0 Å². The van der Waals surface area contributed by atoms with Gasteiger partial charge in [-0.2, -0.15) is 0 Å². The van der Waals surface area contributed by atoms with Crippen LogP contribution >= 0.6 is 0 Å². The molecule has 2 atom stereocenters. The summed E-state index contributed by atoms with van der Waals surface area (Å²) in [6.45, 7) is 5.21. The quantitative estimate of drug-likeness (QED) is 0.834. The average Bonchev–Trinajstić information content (AvgIpc) is 2.96. The number of hydrogen-bond acceptors (Lipinski definition) is 4. The van der Waals surface area contributed by atoms with Crippen molar-refractivity contribution in [1.82, 2.24) is 0 Å². The number of nitrogens with one attached hydrogen (secondary N) is 1. The van der Waals surface area contributed by atoms with Crippen LogP contribution in [0.15, 0.2) is 24.3 Å². The zero-order valence-corrected chi connectivity index (χ0v) is 15.9. The number of hydrogen-bond donors (Lipinski definition) is 1. The fourth-order valence-electron chi connectivity index (χ4n) is 3.67. The lowest BCUT2D eigenvalue weighted by Gasteiger charge is -2.26. The van der Waals surface area contributed by atoms with E-state index in [1.807, 2.05) is 25.1 Å². The molecule has 0 unspecified atom stereocenters. The highest BCUT2D eigenvalue weighted by atomic mass is 16.5. The van der Waals surface area contributed by atoms with Gasteiger partial charge in [-0.1, -0.05) is 25.0 Å². The van der Waals surface area contributed by atoms with Crippen molar-refractivity contribution in [2.75, 3.05) is 36.5 Å². The molecule has 1 aromatic rings. The predicted octanol–water partition coefficient (Wildman–Crippen LogP) is 3.98. The van der Waals surface area contributed by atoms with Gasteiger partial charge in [0.2, 0.25) is 0 Å². The molecule has 5 nitrogen and oxygen atoms in total. The molecule has 1 N–H and O–H groups in total. The Hall–Kier alpha value is -1.59. The smallest absolute Gasteiger partial charge is 0.253 e. The molecule has 0 saturated carbocycles. The van der Waals surface area contributed by atoms with E-state index < -0.39 is 6.10 Å². The van der Waals surface area contributed by atoms with Crippen LogP contribution in [-0.2, 0) is 14.3 Å². The molecule has 3 rings (SSSR count). The molecule has 0 bridgehead atoms. The summed E-state index contributed by atoms with van der Waals surface area (Å²) >= 11 is 0. The molecule has 144 valence electrons. The van der Waals surface area contributed by atoms with Crippen LogP contribution in [0.5, 0.6) is 0 Å². The van der Waals surface area contributed by atoms with Crippen LogP contribution in [0.1, 0.15) is 51.9 Å². The van der Waals surface area contributed by atoms with E-state index >= 15 is 0 Å². The van der Waals surface area contributed by atoms with Gasteiger partial charge in [-0.3, -0.25) is 4.79 Å². The standard InChI is InChI=1S/C21H32N2O3/c1-17(26-16-18-10-6-9-15-25-18)21(24)22-19-11-4-5-12-20(19)23-13-7-2-3-8-14-23/h4-5,11-12,17-18H,2-3,6-10,13-16H2,1H3,(H,22,24)/t17-,18-/m1/s1. The summed E-state index contributed by atoms with van der Waals surface area (Å²) in [5.41, 5.74) is 1.99. The molecular weight excluding hydrogens is 328 g/mol.